The molecule has 774 valence electrons. The van der Waals surface area contributed by atoms with E-state index < -0.39 is 71.7 Å². The van der Waals surface area contributed by atoms with Crippen molar-refractivity contribution in [3.8, 4) is 0 Å². The molecule has 0 spiro atoms. The number of unbranched alkanes of at least 4 members (excludes halogenated alkanes) is 3. The summed E-state index contributed by atoms with van der Waals surface area (Å²) >= 11 is 0. The van der Waals surface area contributed by atoms with Crippen molar-refractivity contribution in [2.45, 2.75) is 451 Å². The molecule has 0 aliphatic heterocycles. The Kier molecular flexibility index (Phi) is 32.5. The first-order valence-corrected chi connectivity index (χ1v) is 56.3. The Morgan fingerprint density at radius 2 is 0.493 bits per heavy atom. The third kappa shape index (κ3) is 19.6. The largest absolute Gasteiger partial charge is 0.393 e. The molecule has 0 aromatic carbocycles. The first kappa shape index (κ1) is 105. The van der Waals surface area contributed by atoms with Gasteiger partial charge in [-0.15, -0.1) is 0 Å². The predicted molar refractivity (Wildman–Crippen MR) is 522 cm³/mol. The minimum atomic E-state index is -0.870. The Morgan fingerprint density at radius 1 is 0.265 bits per heavy atom. The molecule has 24 nitrogen and oxygen atoms in total. The lowest BCUT2D eigenvalue weighted by atomic mass is 9.43. The van der Waals surface area contributed by atoms with Gasteiger partial charge in [0.1, 0.15) is 12.1 Å². The van der Waals surface area contributed by atoms with Crippen LogP contribution in [0.3, 0.4) is 0 Å². The maximum absolute atomic E-state index is 14.6. The van der Waals surface area contributed by atoms with Crippen molar-refractivity contribution in [3.05, 3.63) is 0 Å². The summed E-state index contributed by atoms with van der Waals surface area (Å²) in [5, 5.41) is 159. The average molecular weight is 1910 g/mol. The fourth-order valence-corrected chi connectivity index (χ4v) is 38.3. The summed E-state index contributed by atoms with van der Waals surface area (Å²) in [6, 6.07) is -1.74. The SMILES string of the molecule is C[C@H](CCC(=O)NCCCC[C@H](NC(=O)CC[C@@H](C)[C@H]1CC[C@H]2[C@@H]3[C@H](O)C[C@@H]4C[C@H](O)CC[C@]4(C)[C@H]3C[C@H](O)[C@]12C)C(=O)NCCCCNC(=O)[C@H](CCCCNC(=O)CC[C@@H](C)[C@H]1CC[C@H]2[C@@H]3[C@H](O)C[C@@H]4C[C@H](O)CC[C@]4(C)[C@H]3C[C@H](O)[C@]12C)NC(=O)CC[C@@H](C)[C@H]1CC[C@H]2[C@@H]3[C@H](O)C[C@@H]4C[C@H](O)CC[C@]4(C)[C@H]3C[C@H](O)[C@]12C)[C@H]1CC[C@H]2[C@@H]3[C@H](O)C[C@@H]4C[C@H](O)CC[C@]4(C)[C@H]3C[C@H](O)[C@]12C. The summed E-state index contributed by atoms with van der Waals surface area (Å²) in [6.45, 7) is 28.5. The van der Waals surface area contributed by atoms with E-state index in [2.05, 4.69) is 115 Å². The zero-order valence-corrected chi connectivity index (χ0v) is 85.7. The van der Waals surface area contributed by atoms with E-state index in [0.717, 1.165) is 103 Å². The Balaban J connectivity index is 0.520. The highest BCUT2D eigenvalue weighted by Crippen LogP contribution is 2.74. The number of carbonyl (C=O) groups excluding carboxylic acids is 6. The normalized spacial score (nSPS) is 47.6. The summed E-state index contributed by atoms with van der Waals surface area (Å²) < 4.78 is 0. The van der Waals surface area contributed by atoms with Gasteiger partial charge in [-0.1, -0.05) is 83.1 Å². The first-order chi connectivity index (χ1) is 64.4. The van der Waals surface area contributed by atoms with Gasteiger partial charge in [-0.2, -0.15) is 0 Å². The van der Waals surface area contributed by atoms with Crippen molar-refractivity contribution in [1.82, 2.24) is 31.9 Å². The Bertz CT molecular complexity index is 3860. The molecule has 0 unspecified atom stereocenters. The van der Waals surface area contributed by atoms with Gasteiger partial charge in [0, 0.05) is 51.9 Å². The zero-order chi connectivity index (χ0) is 97.6. The predicted octanol–water partition coefficient (Wildman–Crippen LogP) is 13.1. The molecular formula is C112H188N6O18. The summed E-state index contributed by atoms with van der Waals surface area (Å²) in [4.78, 5) is 85.4. The minimum absolute atomic E-state index is 0.0151. The molecule has 16 rings (SSSR count). The Hall–Kier alpha value is -3.66. The number of aliphatic hydroxyl groups is 12. The van der Waals surface area contributed by atoms with Crippen LogP contribution >= 0.6 is 0 Å². The quantitative estimate of drug-likeness (QED) is 0.0262. The van der Waals surface area contributed by atoms with Gasteiger partial charge in [-0.05, 0) is 442 Å². The number of amides is 6. The van der Waals surface area contributed by atoms with Gasteiger partial charge in [-0.25, -0.2) is 0 Å². The molecule has 0 heterocycles. The highest BCUT2D eigenvalue weighted by Gasteiger charge is 2.72. The minimum Gasteiger partial charge on any atom is -0.393 e. The molecule has 16 aliphatic rings. The summed E-state index contributed by atoms with van der Waals surface area (Å²) in [5.74, 6) is 2.55. The zero-order valence-electron chi connectivity index (χ0n) is 85.7. The lowest BCUT2D eigenvalue weighted by molar-refractivity contribution is -0.207. The second kappa shape index (κ2) is 42.1. The van der Waals surface area contributed by atoms with Crippen LogP contribution < -0.4 is 31.9 Å². The second-order valence-electron chi connectivity index (χ2n) is 52.4. The number of fused-ring (bicyclic) bond motifs is 20. The van der Waals surface area contributed by atoms with Crippen molar-refractivity contribution < 1.29 is 90.0 Å². The third-order valence-corrected chi connectivity index (χ3v) is 46.4. The van der Waals surface area contributed by atoms with Crippen LogP contribution in [0.4, 0.5) is 0 Å². The molecule has 18 N–H and O–H groups in total. The fraction of sp³-hybridized carbons (Fsp3) is 0.946. The molecule has 0 bridgehead atoms. The highest BCUT2D eigenvalue weighted by atomic mass is 16.3. The number of aliphatic hydroxyl groups excluding tert-OH is 12. The molecule has 16 saturated carbocycles. The molecule has 16 fully saturated rings. The standard InChI is InChI=1S/C112H188N6O18/c1-61(73-25-29-77-99-81(57-91(127)109(73,77)9)105(5)41-37-69(119)49-65(105)53-87(99)123)21-33-95(131)113-45-15-13-19-85(117-97(133)35-23-63(3)75-27-31-79-101-83(59-93(129)111(75,79)11)107(7)43-39-71(121)51-67(107)55-89(101)125)103(135)115-47-17-18-48-116-104(136)86(118-98(134)36-24-64(4)76-28-32-80-102-84(60-94(130)112(76,80)12)108(8)44-40-72(122)52-68(108)56-90(102)126)20-14-16-46-114-96(132)34-22-62(2)74-26-30-78-100-82(58-92(128)110(74,78)10)106(6)42-38-70(120)50-66(106)54-88(100)124/h61-94,99-102,119-130H,13-60H2,1-12H3,(H,113,131)(H,114,132)(H,115,135)(H,116,136)(H,117,133)(H,118,134)/t61-,62-,63-,64-,65+,66+,67+,68+,69-,70-,71-,72-,73-,74-,75-,76-,77+,78+,79+,80+,81+,82+,83+,84+,85+,86+,87-,88-,89-,90-,91+,92+,93+,94+,99+,100+,101+,102+,105+,106+,107+,108+,109-,110-,111-,112-/m1/s1. The lowest BCUT2D eigenvalue weighted by Gasteiger charge is -2.63. The van der Waals surface area contributed by atoms with Crippen LogP contribution in [0.2, 0.25) is 0 Å². The van der Waals surface area contributed by atoms with Crippen LogP contribution in [0.1, 0.15) is 366 Å². The van der Waals surface area contributed by atoms with E-state index in [0.29, 0.717) is 180 Å². The van der Waals surface area contributed by atoms with E-state index in [9.17, 15) is 90.0 Å². The van der Waals surface area contributed by atoms with Crippen LogP contribution in [0.5, 0.6) is 0 Å². The van der Waals surface area contributed by atoms with Crippen LogP contribution in [-0.2, 0) is 28.8 Å². The van der Waals surface area contributed by atoms with Crippen molar-refractivity contribution in [3.63, 3.8) is 0 Å². The van der Waals surface area contributed by atoms with Crippen LogP contribution in [-0.4, -0.2) is 208 Å². The maximum Gasteiger partial charge on any atom is 0.242 e. The van der Waals surface area contributed by atoms with Gasteiger partial charge in [0.25, 0.3) is 0 Å². The number of rotatable bonds is 35. The van der Waals surface area contributed by atoms with E-state index in [1.165, 1.54) is 0 Å². The highest BCUT2D eigenvalue weighted by molar-refractivity contribution is 5.88. The van der Waals surface area contributed by atoms with Crippen molar-refractivity contribution in [2.24, 2.45) is 185 Å². The monoisotopic (exact) mass is 1910 g/mol. The van der Waals surface area contributed by atoms with Gasteiger partial charge in [0.15, 0.2) is 0 Å². The molecule has 136 heavy (non-hydrogen) atoms. The van der Waals surface area contributed by atoms with E-state index in [1.54, 1.807) is 0 Å². The van der Waals surface area contributed by atoms with Gasteiger partial charge in [-0.3, -0.25) is 28.8 Å². The van der Waals surface area contributed by atoms with E-state index >= 15 is 0 Å². The van der Waals surface area contributed by atoms with E-state index in [4.69, 9.17) is 0 Å². The summed E-state index contributed by atoms with van der Waals surface area (Å²) in [6.07, 6.45) is 24.1. The van der Waals surface area contributed by atoms with Gasteiger partial charge in [0.2, 0.25) is 35.4 Å². The summed E-state index contributed by atoms with van der Waals surface area (Å²) in [7, 11) is 0. The molecule has 24 heteroatoms. The smallest absolute Gasteiger partial charge is 0.242 e. The molecule has 46 atom stereocenters. The van der Waals surface area contributed by atoms with Crippen molar-refractivity contribution in [1.29, 1.82) is 0 Å². The van der Waals surface area contributed by atoms with Crippen molar-refractivity contribution >= 4 is 35.4 Å². The number of hydrogen-bond donors (Lipinski definition) is 18. The topological polar surface area (TPSA) is 417 Å². The second-order valence-corrected chi connectivity index (χ2v) is 52.4. The Morgan fingerprint density at radius 3 is 0.743 bits per heavy atom. The maximum atomic E-state index is 14.6. The first-order valence-electron chi connectivity index (χ1n) is 56.3. The fourth-order valence-electron chi connectivity index (χ4n) is 38.3. The molecule has 0 radical (unpaired) electrons. The van der Waals surface area contributed by atoms with Crippen LogP contribution in [0, 0.1) is 185 Å². The lowest BCUT2D eigenvalue weighted by Crippen LogP contribution is -2.62. The molecular weight excluding hydrogens is 1720 g/mol. The van der Waals surface area contributed by atoms with Crippen LogP contribution in [0.15, 0.2) is 0 Å². The molecule has 6 amide bonds. The van der Waals surface area contributed by atoms with Gasteiger partial charge >= 0.3 is 0 Å². The van der Waals surface area contributed by atoms with E-state index in [-0.39, 0.29) is 260 Å². The number of carbonyl (C=O) groups is 6. The molecule has 0 aromatic rings. The summed E-state index contributed by atoms with van der Waals surface area (Å²) in [5.41, 5.74) is -1.76. The van der Waals surface area contributed by atoms with Crippen molar-refractivity contribution in [2.75, 3.05) is 26.2 Å². The van der Waals surface area contributed by atoms with E-state index in [1.807, 2.05) is 0 Å². The molecule has 0 aromatic heterocycles. The Labute approximate surface area is 815 Å². The average Bonchev–Trinajstić information content (AvgIpc) is 1.61. The molecule has 0 saturated heterocycles. The number of nitrogens with one attached hydrogen (secondary N) is 6. The van der Waals surface area contributed by atoms with Gasteiger partial charge < -0.3 is 93.2 Å². The van der Waals surface area contributed by atoms with Gasteiger partial charge in [0.05, 0.1) is 73.2 Å². The van der Waals surface area contributed by atoms with Crippen LogP contribution in [0.25, 0.3) is 0 Å². The third-order valence-electron chi connectivity index (χ3n) is 46.4. The number of hydrogen-bond acceptors (Lipinski definition) is 18. The molecule has 16 aliphatic carbocycles.